The first-order valence-electron chi connectivity index (χ1n) is 5.85. The fourth-order valence-corrected chi connectivity index (χ4v) is 3.19. The van der Waals surface area contributed by atoms with Crippen molar-refractivity contribution >= 4 is 33.8 Å². The highest BCUT2D eigenvalue weighted by atomic mass is 32.1. The van der Waals surface area contributed by atoms with Crippen LogP contribution in [0.25, 0.3) is 0 Å². The third-order valence-corrected chi connectivity index (χ3v) is 4.29. The van der Waals surface area contributed by atoms with Crippen molar-refractivity contribution < 1.29 is 0 Å². The largest absolute Gasteiger partial charge is 0.376 e. The molecule has 2 rings (SSSR count). The molecule has 1 aliphatic rings. The summed E-state index contributed by atoms with van der Waals surface area (Å²) in [5.41, 5.74) is 5.76. The van der Waals surface area contributed by atoms with Crippen molar-refractivity contribution in [2.45, 2.75) is 25.3 Å². The Morgan fingerprint density at radius 2 is 2.59 bits per heavy atom. The zero-order valence-electron chi connectivity index (χ0n) is 10.0. The van der Waals surface area contributed by atoms with Crippen LogP contribution < -0.4 is 10.6 Å². The molecule has 0 aromatic carbocycles. The van der Waals surface area contributed by atoms with Crippen LogP contribution in [0.15, 0.2) is 11.6 Å². The van der Waals surface area contributed by atoms with Crippen LogP contribution in [0.5, 0.6) is 0 Å². The highest BCUT2D eigenvalue weighted by Gasteiger charge is 2.22. The van der Waals surface area contributed by atoms with Gasteiger partial charge in [0.15, 0.2) is 10.2 Å². The van der Waals surface area contributed by atoms with Crippen LogP contribution in [0.3, 0.4) is 0 Å². The summed E-state index contributed by atoms with van der Waals surface area (Å²) in [4.78, 5) is 8.62. The van der Waals surface area contributed by atoms with Gasteiger partial charge in [0, 0.05) is 24.2 Å². The van der Waals surface area contributed by atoms with Crippen molar-refractivity contribution in [3.63, 3.8) is 0 Å². The van der Waals surface area contributed by atoms with Crippen LogP contribution in [0.1, 0.15) is 19.3 Å². The van der Waals surface area contributed by atoms with E-state index in [1.165, 1.54) is 19.4 Å². The van der Waals surface area contributed by atoms with Gasteiger partial charge in [0.05, 0.1) is 0 Å². The summed E-state index contributed by atoms with van der Waals surface area (Å²) in [5.74, 6) is 0. The molecule has 0 bridgehead atoms. The molecule has 1 atom stereocenters. The van der Waals surface area contributed by atoms with E-state index in [1.54, 1.807) is 17.5 Å². The van der Waals surface area contributed by atoms with Crippen LogP contribution in [0.4, 0.5) is 5.13 Å². The minimum atomic E-state index is 0.417. The Morgan fingerprint density at radius 1 is 1.76 bits per heavy atom. The van der Waals surface area contributed by atoms with Crippen molar-refractivity contribution in [1.82, 2.24) is 9.88 Å². The molecule has 1 fully saturated rings. The molecular formula is C11H18N4S2. The zero-order chi connectivity index (χ0) is 12.3. The maximum atomic E-state index is 5.76. The first-order valence-corrected chi connectivity index (χ1v) is 7.14. The van der Waals surface area contributed by atoms with Crippen molar-refractivity contribution in [2.75, 3.05) is 25.0 Å². The fraction of sp³-hybridized carbons (Fsp3) is 0.636. The first-order chi connectivity index (χ1) is 8.18. The van der Waals surface area contributed by atoms with Gasteiger partial charge in [-0.1, -0.05) is 0 Å². The van der Waals surface area contributed by atoms with Gasteiger partial charge in [-0.05, 0) is 45.1 Å². The number of thiazole rings is 1. The Morgan fingerprint density at radius 3 is 3.12 bits per heavy atom. The molecule has 2 N–H and O–H groups in total. The molecule has 4 nitrogen and oxygen atoms in total. The second-order valence-corrected chi connectivity index (χ2v) is 5.66. The normalized spacial score (nSPS) is 20.6. The molecule has 6 heteroatoms. The first kappa shape index (κ1) is 12.7. The van der Waals surface area contributed by atoms with Crippen LogP contribution in [-0.2, 0) is 0 Å². The van der Waals surface area contributed by atoms with E-state index in [9.17, 15) is 0 Å². The molecule has 1 unspecified atom stereocenters. The van der Waals surface area contributed by atoms with E-state index in [0.29, 0.717) is 11.2 Å². The van der Waals surface area contributed by atoms with Gasteiger partial charge in [0.2, 0.25) is 0 Å². The molecule has 2 heterocycles. The van der Waals surface area contributed by atoms with Crippen LogP contribution in [0, 0.1) is 0 Å². The highest BCUT2D eigenvalue weighted by molar-refractivity contribution is 7.80. The molecule has 1 aromatic heterocycles. The van der Waals surface area contributed by atoms with E-state index in [2.05, 4.69) is 16.9 Å². The Bertz CT molecular complexity index is 366. The second-order valence-electron chi connectivity index (χ2n) is 4.37. The number of likely N-dealkylation sites (tertiary alicyclic amines) is 1. The average Bonchev–Trinajstić information content (AvgIpc) is 2.91. The highest BCUT2D eigenvalue weighted by Crippen LogP contribution is 2.21. The average molecular weight is 270 g/mol. The van der Waals surface area contributed by atoms with Crippen molar-refractivity contribution in [3.05, 3.63) is 11.6 Å². The number of rotatable bonds is 4. The van der Waals surface area contributed by atoms with E-state index in [0.717, 1.165) is 18.1 Å². The molecular weight excluding hydrogens is 252 g/mol. The van der Waals surface area contributed by atoms with E-state index < -0.39 is 0 Å². The Kier molecular flexibility index (Phi) is 4.31. The van der Waals surface area contributed by atoms with E-state index in [4.69, 9.17) is 18.0 Å². The van der Waals surface area contributed by atoms with Crippen molar-refractivity contribution in [1.29, 1.82) is 0 Å². The molecule has 0 amide bonds. The number of nitrogens with zero attached hydrogens (tertiary/aromatic N) is 3. The summed E-state index contributed by atoms with van der Waals surface area (Å²) in [5, 5.41) is 3.27. The number of aromatic nitrogens is 1. The molecule has 1 saturated heterocycles. The summed E-state index contributed by atoms with van der Waals surface area (Å²) < 4.78 is 0. The third kappa shape index (κ3) is 3.14. The number of anilines is 1. The van der Waals surface area contributed by atoms with E-state index in [-0.39, 0.29) is 0 Å². The minimum absolute atomic E-state index is 0.417. The fourth-order valence-electron chi connectivity index (χ4n) is 2.27. The molecule has 1 aliphatic heterocycles. The molecule has 17 heavy (non-hydrogen) atoms. The standard InChI is InChI=1S/C11H18N4S2/c1-14-6-2-3-9(14)4-7-15(10(12)16)11-13-5-8-17-11/h5,8-9H,2-4,6-7H2,1H3,(H2,12,16). The predicted octanol–water partition coefficient (Wildman–Crippen LogP) is 1.68. The summed E-state index contributed by atoms with van der Waals surface area (Å²) >= 11 is 6.67. The Hall–Kier alpha value is -0.720. The summed E-state index contributed by atoms with van der Waals surface area (Å²) in [6.45, 7) is 2.06. The summed E-state index contributed by atoms with van der Waals surface area (Å²) in [6.07, 6.45) is 5.45. The minimum Gasteiger partial charge on any atom is -0.376 e. The Labute approximate surface area is 111 Å². The zero-order valence-corrected chi connectivity index (χ0v) is 11.6. The number of thiocarbonyl (C=S) groups is 1. The van der Waals surface area contributed by atoms with Crippen molar-refractivity contribution in [3.8, 4) is 0 Å². The molecule has 1 aromatic rings. The van der Waals surface area contributed by atoms with Gasteiger partial charge in [-0.25, -0.2) is 4.98 Å². The van der Waals surface area contributed by atoms with E-state index >= 15 is 0 Å². The summed E-state index contributed by atoms with van der Waals surface area (Å²) in [7, 11) is 2.19. The maximum absolute atomic E-state index is 5.76. The lowest BCUT2D eigenvalue weighted by Gasteiger charge is -2.24. The molecule has 0 spiro atoms. The van der Waals surface area contributed by atoms with Gasteiger partial charge in [-0.15, -0.1) is 11.3 Å². The second kappa shape index (κ2) is 5.75. The molecule has 0 saturated carbocycles. The van der Waals surface area contributed by atoms with Crippen LogP contribution in [0.2, 0.25) is 0 Å². The lowest BCUT2D eigenvalue weighted by atomic mass is 10.1. The number of nitrogens with two attached hydrogens (primary N) is 1. The summed E-state index contributed by atoms with van der Waals surface area (Å²) in [6, 6.07) is 0.659. The SMILES string of the molecule is CN1CCCC1CCN(C(N)=S)c1nccs1. The van der Waals surface area contributed by atoms with Gasteiger partial charge in [-0.2, -0.15) is 0 Å². The van der Waals surface area contributed by atoms with Crippen LogP contribution >= 0.6 is 23.6 Å². The smallest absolute Gasteiger partial charge is 0.191 e. The van der Waals surface area contributed by atoms with Gasteiger partial charge in [0.25, 0.3) is 0 Å². The van der Waals surface area contributed by atoms with Crippen LogP contribution in [-0.4, -0.2) is 41.2 Å². The number of hydrogen-bond acceptors (Lipinski definition) is 4. The topological polar surface area (TPSA) is 45.4 Å². The van der Waals surface area contributed by atoms with Gasteiger partial charge in [0.1, 0.15) is 0 Å². The lowest BCUT2D eigenvalue weighted by Crippen LogP contribution is -2.39. The monoisotopic (exact) mass is 270 g/mol. The quantitative estimate of drug-likeness (QED) is 0.843. The van der Waals surface area contributed by atoms with E-state index in [1.807, 2.05) is 10.3 Å². The van der Waals surface area contributed by atoms with Gasteiger partial charge < -0.3 is 10.6 Å². The lowest BCUT2D eigenvalue weighted by molar-refractivity contribution is 0.299. The van der Waals surface area contributed by atoms with Gasteiger partial charge >= 0.3 is 0 Å². The van der Waals surface area contributed by atoms with Gasteiger partial charge in [-0.3, -0.25) is 4.90 Å². The Balaban J connectivity index is 1.92. The molecule has 0 aliphatic carbocycles. The number of hydrogen-bond donors (Lipinski definition) is 1. The predicted molar refractivity (Wildman–Crippen MR) is 76.5 cm³/mol. The maximum Gasteiger partial charge on any atom is 0.191 e. The molecule has 0 radical (unpaired) electrons. The molecule has 94 valence electrons. The third-order valence-electron chi connectivity index (χ3n) is 3.27. The van der Waals surface area contributed by atoms with Crippen molar-refractivity contribution in [2.24, 2.45) is 5.73 Å².